The van der Waals surface area contributed by atoms with Gasteiger partial charge in [0.25, 0.3) is 5.91 Å². The van der Waals surface area contributed by atoms with Crippen molar-refractivity contribution in [2.75, 3.05) is 6.54 Å². The van der Waals surface area contributed by atoms with Crippen molar-refractivity contribution in [1.82, 2.24) is 15.2 Å². The molecule has 2 N–H and O–H groups in total. The molecule has 0 spiro atoms. The SMILES string of the molecule is O=C1C[C@H](NC(=O)[C@H]2CCCN2C(=O)c2cc3ccccc3[nH]2)[C@@H](OCc2ccccc2)O1. The van der Waals surface area contributed by atoms with Crippen LogP contribution in [0.4, 0.5) is 0 Å². The number of aromatic nitrogens is 1. The first-order chi connectivity index (χ1) is 16.1. The Morgan fingerprint density at radius 3 is 2.73 bits per heavy atom. The van der Waals surface area contributed by atoms with E-state index in [1.165, 1.54) is 0 Å². The number of ether oxygens (including phenoxy) is 2. The Morgan fingerprint density at radius 1 is 1.12 bits per heavy atom. The fraction of sp³-hybridized carbons (Fsp3) is 0.320. The van der Waals surface area contributed by atoms with Gasteiger partial charge in [0.05, 0.1) is 13.0 Å². The Balaban J connectivity index is 1.24. The van der Waals surface area contributed by atoms with Gasteiger partial charge >= 0.3 is 5.97 Å². The quantitative estimate of drug-likeness (QED) is 0.566. The summed E-state index contributed by atoms with van der Waals surface area (Å²) in [5, 5.41) is 3.83. The number of carbonyl (C=O) groups is 3. The van der Waals surface area contributed by atoms with Gasteiger partial charge in [-0.1, -0.05) is 48.5 Å². The Kier molecular flexibility index (Phi) is 5.83. The van der Waals surface area contributed by atoms with Crippen LogP contribution in [-0.4, -0.2) is 52.6 Å². The molecule has 2 fully saturated rings. The highest BCUT2D eigenvalue weighted by atomic mass is 16.7. The Labute approximate surface area is 190 Å². The second-order valence-electron chi connectivity index (χ2n) is 8.40. The molecule has 5 rings (SSSR count). The smallest absolute Gasteiger partial charge is 0.310 e. The lowest BCUT2D eigenvalue weighted by Gasteiger charge is -2.26. The van der Waals surface area contributed by atoms with Gasteiger partial charge in [-0.2, -0.15) is 0 Å². The van der Waals surface area contributed by atoms with E-state index in [1.807, 2.05) is 60.7 Å². The van der Waals surface area contributed by atoms with Gasteiger partial charge in [-0.05, 0) is 30.5 Å². The van der Waals surface area contributed by atoms with Gasteiger partial charge in [0.2, 0.25) is 12.2 Å². The summed E-state index contributed by atoms with van der Waals surface area (Å²) in [6.45, 7) is 0.764. The van der Waals surface area contributed by atoms with Crippen LogP contribution in [0.5, 0.6) is 0 Å². The van der Waals surface area contributed by atoms with E-state index >= 15 is 0 Å². The van der Waals surface area contributed by atoms with Crippen LogP contribution >= 0.6 is 0 Å². The summed E-state index contributed by atoms with van der Waals surface area (Å²) in [4.78, 5) is 42.9. The molecule has 3 atom stereocenters. The second-order valence-corrected chi connectivity index (χ2v) is 8.40. The number of nitrogens with one attached hydrogen (secondary N) is 2. The third-order valence-electron chi connectivity index (χ3n) is 6.12. The fourth-order valence-corrected chi connectivity index (χ4v) is 4.46. The zero-order chi connectivity index (χ0) is 22.8. The summed E-state index contributed by atoms with van der Waals surface area (Å²) >= 11 is 0. The molecule has 0 saturated carbocycles. The van der Waals surface area contributed by atoms with Gasteiger partial charge in [-0.3, -0.25) is 14.4 Å². The molecular formula is C25H25N3O5. The van der Waals surface area contributed by atoms with Crippen molar-refractivity contribution >= 4 is 28.7 Å². The van der Waals surface area contributed by atoms with Crippen molar-refractivity contribution < 1.29 is 23.9 Å². The molecule has 2 aromatic carbocycles. The molecule has 1 aromatic heterocycles. The lowest BCUT2D eigenvalue weighted by atomic mass is 10.1. The number of H-pyrrole nitrogens is 1. The predicted octanol–water partition coefficient (Wildman–Crippen LogP) is 2.75. The topological polar surface area (TPSA) is 101 Å². The number of carbonyl (C=O) groups excluding carboxylic acids is 3. The number of amides is 2. The number of hydrogen-bond donors (Lipinski definition) is 2. The van der Waals surface area contributed by atoms with E-state index in [0.29, 0.717) is 18.7 Å². The van der Waals surface area contributed by atoms with Crippen molar-refractivity contribution in [2.45, 2.75) is 44.2 Å². The van der Waals surface area contributed by atoms with E-state index in [9.17, 15) is 14.4 Å². The van der Waals surface area contributed by atoms with Crippen LogP contribution in [0.2, 0.25) is 0 Å². The van der Waals surface area contributed by atoms with Gasteiger partial charge in [0.15, 0.2) is 0 Å². The van der Waals surface area contributed by atoms with Crippen LogP contribution in [0.1, 0.15) is 35.3 Å². The third-order valence-corrected chi connectivity index (χ3v) is 6.12. The van der Waals surface area contributed by atoms with E-state index in [1.54, 1.807) is 4.90 Å². The van der Waals surface area contributed by atoms with Crippen LogP contribution < -0.4 is 5.32 Å². The Hall–Kier alpha value is -3.65. The standard InChI is InChI=1S/C25H25N3O5/c29-22-14-20(25(33-22)32-15-16-7-2-1-3-8-16)27-23(30)21-11-6-12-28(21)24(31)19-13-17-9-4-5-10-18(17)26-19/h1-5,7-10,13,20-21,25-26H,6,11-12,14-15H2,(H,27,30)/t20-,21+,25-/m0/s1. The number of nitrogens with zero attached hydrogens (tertiary/aromatic N) is 1. The highest BCUT2D eigenvalue weighted by Gasteiger charge is 2.41. The van der Waals surface area contributed by atoms with Crippen LogP contribution in [0.3, 0.4) is 0 Å². The van der Waals surface area contributed by atoms with Crippen molar-refractivity contribution in [3.05, 3.63) is 71.9 Å². The number of aromatic amines is 1. The number of fused-ring (bicyclic) bond motifs is 1. The molecule has 170 valence electrons. The molecule has 0 radical (unpaired) electrons. The van der Waals surface area contributed by atoms with Crippen LogP contribution in [0.15, 0.2) is 60.7 Å². The summed E-state index contributed by atoms with van der Waals surface area (Å²) in [5.41, 5.74) is 2.27. The molecule has 0 bridgehead atoms. The number of rotatable bonds is 6. The van der Waals surface area contributed by atoms with Crippen LogP contribution in [-0.2, 0) is 25.7 Å². The molecule has 8 nitrogen and oxygen atoms in total. The molecule has 2 aliphatic heterocycles. The third kappa shape index (κ3) is 4.47. The average molecular weight is 447 g/mol. The molecule has 3 heterocycles. The first-order valence-corrected chi connectivity index (χ1v) is 11.1. The maximum atomic E-state index is 13.2. The molecule has 0 unspecified atom stereocenters. The van der Waals surface area contributed by atoms with E-state index in [4.69, 9.17) is 9.47 Å². The van der Waals surface area contributed by atoms with Crippen LogP contribution in [0, 0.1) is 0 Å². The number of likely N-dealkylation sites (tertiary alicyclic amines) is 1. The largest absolute Gasteiger partial charge is 0.433 e. The summed E-state index contributed by atoms with van der Waals surface area (Å²) < 4.78 is 11.0. The summed E-state index contributed by atoms with van der Waals surface area (Å²) in [6, 6.07) is 17.8. The lowest BCUT2D eigenvalue weighted by molar-refractivity contribution is -0.168. The van der Waals surface area contributed by atoms with Crippen LogP contribution in [0.25, 0.3) is 10.9 Å². The summed E-state index contributed by atoms with van der Waals surface area (Å²) in [7, 11) is 0. The summed E-state index contributed by atoms with van der Waals surface area (Å²) in [5.74, 6) is -0.927. The molecule has 33 heavy (non-hydrogen) atoms. The number of hydrogen-bond acceptors (Lipinski definition) is 5. The lowest BCUT2D eigenvalue weighted by Crippen LogP contribution is -2.51. The first kappa shape index (κ1) is 21.2. The van der Waals surface area contributed by atoms with Crippen molar-refractivity contribution in [3.8, 4) is 0 Å². The normalized spacial score (nSPS) is 22.5. The van der Waals surface area contributed by atoms with Gasteiger partial charge in [0.1, 0.15) is 17.8 Å². The molecule has 2 saturated heterocycles. The maximum absolute atomic E-state index is 13.2. The average Bonchev–Trinajstić information content (AvgIpc) is 3.56. The molecule has 3 aromatic rings. The molecule has 2 amide bonds. The van der Waals surface area contributed by atoms with E-state index in [2.05, 4.69) is 10.3 Å². The van der Waals surface area contributed by atoms with E-state index in [0.717, 1.165) is 22.9 Å². The van der Waals surface area contributed by atoms with Gasteiger partial charge < -0.3 is 24.7 Å². The zero-order valence-corrected chi connectivity index (χ0v) is 18.0. The Bertz CT molecular complexity index is 1140. The predicted molar refractivity (Wildman–Crippen MR) is 120 cm³/mol. The highest BCUT2D eigenvalue weighted by molar-refractivity contribution is 6.00. The Morgan fingerprint density at radius 2 is 1.91 bits per heavy atom. The highest BCUT2D eigenvalue weighted by Crippen LogP contribution is 2.24. The number of para-hydroxylation sites is 1. The number of benzene rings is 2. The maximum Gasteiger partial charge on any atom is 0.310 e. The van der Waals surface area contributed by atoms with Crippen molar-refractivity contribution in [3.63, 3.8) is 0 Å². The summed E-state index contributed by atoms with van der Waals surface area (Å²) in [6.07, 6.45) is 0.474. The minimum absolute atomic E-state index is 0.0356. The van der Waals surface area contributed by atoms with E-state index < -0.39 is 24.3 Å². The van der Waals surface area contributed by atoms with Gasteiger partial charge in [-0.25, -0.2) is 0 Å². The van der Waals surface area contributed by atoms with Crippen molar-refractivity contribution in [1.29, 1.82) is 0 Å². The second kappa shape index (κ2) is 9.07. The molecular weight excluding hydrogens is 422 g/mol. The molecule has 2 aliphatic rings. The minimum atomic E-state index is -0.860. The minimum Gasteiger partial charge on any atom is -0.433 e. The molecule has 0 aliphatic carbocycles. The van der Waals surface area contributed by atoms with E-state index in [-0.39, 0.29) is 24.8 Å². The monoisotopic (exact) mass is 447 g/mol. The zero-order valence-electron chi connectivity index (χ0n) is 18.0. The first-order valence-electron chi connectivity index (χ1n) is 11.1. The fourth-order valence-electron chi connectivity index (χ4n) is 4.46. The van der Waals surface area contributed by atoms with Gasteiger partial charge in [0, 0.05) is 17.4 Å². The van der Waals surface area contributed by atoms with Crippen molar-refractivity contribution in [2.24, 2.45) is 0 Å². The number of cyclic esters (lactones) is 1. The molecule has 8 heteroatoms. The van der Waals surface area contributed by atoms with Gasteiger partial charge in [-0.15, -0.1) is 0 Å². The number of esters is 1.